The van der Waals surface area contributed by atoms with Crippen LogP contribution in [0.5, 0.6) is 0 Å². The van der Waals surface area contributed by atoms with Crippen molar-refractivity contribution in [2.75, 3.05) is 5.32 Å². The zero-order chi connectivity index (χ0) is 13.8. The van der Waals surface area contributed by atoms with Crippen molar-refractivity contribution in [3.63, 3.8) is 0 Å². The number of para-hydroxylation sites is 3. The van der Waals surface area contributed by atoms with Gasteiger partial charge in [0.15, 0.2) is 0 Å². The lowest BCUT2D eigenvalue weighted by atomic mass is 10.3. The van der Waals surface area contributed by atoms with Gasteiger partial charge >= 0.3 is 5.89 Å². The SMILES string of the molecule is CC[n+]1c(/C=C/Nc2ccccc2)oc2ccccc21.[I-]. The summed E-state index contributed by atoms with van der Waals surface area (Å²) in [5.74, 6) is 0.845. The molecule has 2 aromatic carbocycles. The molecular formula is C17H17IN2O. The second-order valence-electron chi connectivity index (χ2n) is 4.50. The Kier molecular flexibility index (Phi) is 5.38. The van der Waals surface area contributed by atoms with Gasteiger partial charge < -0.3 is 33.7 Å². The highest BCUT2D eigenvalue weighted by Crippen LogP contribution is 2.14. The summed E-state index contributed by atoms with van der Waals surface area (Å²) < 4.78 is 8.02. The first-order valence-corrected chi connectivity index (χ1v) is 6.78. The van der Waals surface area contributed by atoms with Crippen LogP contribution in [-0.4, -0.2) is 0 Å². The third-order valence-electron chi connectivity index (χ3n) is 3.20. The van der Waals surface area contributed by atoms with Crippen LogP contribution in [0.2, 0.25) is 0 Å². The van der Waals surface area contributed by atoms with Crippen LogP contribution in [0.3, 0.4) is 0 Å². The molecule has 0 atom stereocenters. The maximum atomic E-state index is 5.86. The van der Waals surface area contributed by atoms with Gasteiger partial charge in [-0.05, 0) is 25.1 Å². The first kappa shape index (κ1) is 15.6. The summed E-state index contributed by atoms with van der Waals surface area (Å²) in [6, 6.07) is 18.1. The molecule has 0 aliphatic rings. The smallest absolute Gasteiger partial charge is 0.375 e. The molecule has 0 saturated heterocycles. The molecule has 3 nitrogen and oxygen atoms in total. The van der Waals surface area contributed by atoms with Gasteiger partial charge in [0, 0.05) is 18.0 Å². The van der Waals surface area contributed by atoms with Crippen LogP contribution in [0.15, 0.2) is 65.2 Å². The zero-order valence-corrected chi connectivity index (χ0v) is 13.9. The first-order valence-electron chi connectivity index (χ1n) is 6.78. The van der Waals surface area contributed by atoms with E-state index >= 15 is 0 Å². The highest BCUT2D eigenvalue weighted by Gasteiger charge is 2.17. The number of rotatable bonds is 4. The van der Waals surface area contributed by atoms with Gasteiger partial charge in [0.05, 0.1) is 6.08 Å². The number of halogens is 1. The fourth-order valence-electron chi connectivity index (χ4n) is 2.25. The molecule has 21 heavy (non-hydrogen) atoms. The molecule has 0 saturated carbocycles. The summed E-state index contributed by atoms with van der Waals surface area (Å²) in [7, 11) is 0. The van der Waals surface area contributed by atoms with Crippen molar-refractivity contribution >= 4 is 22.9 Å². The number of nitrogens with zero attached hydrogens (tertiary/aromatic N) is 1. The van der Waals surface area contributed by atoms with Crippen molar-refractivity contribution in [2.24, 2.45) is 0 Å². The summed E-state index contributed by atoms with van der Waals surface area (Å²) >= 11 is 0. The third-order valence-corrected chi connectivity index (χ3v) is 3.20. The van der Waals surface area contributed by atoms with Crippen LogP contribution >= 0.6 is 0 Å². The average molecular weight is 392 g/mol. The lowest BCUT2D eigenvalue weighted by Crippen LogP contribution is -3.00. The number of benzene rings is 2. The average Bonchev–Trinajstić information content (AvgIpc) is 2.86. The summed E-state index contributed by atoms with van der Waals surface area (Å²) in [6.45, 7) is 2.99. The van der Waals surface area contributed by atoms with Crippen molar-refractivity contribution in [3.05, 3.63) is 66.7 Å². The number of aryl methyl sites for hydroxylation is 1. The Morgan fingerprint density at radius 2 is 1.76 bits per heavy atom. The van der Waals surface area contributed by atoms with Gasteiger partial charge in [-0.3, -0.25) is 0 Å². The minimum atomic E-state index is 0. The van der Waals surface area contributed by atoms with Gasteiger partial charge in [0.2, 0.25) is 5.58 Å². The molecule has 4 heteroatoms. The second kappa shape index (κ2) is 7.26. The molecule has 3 rings (SSSR count). The van der Waals surface area contributed by atoms with Crippen LogP contribution in [0.25, 0.3) is 17.2 Å². The number of hydrogen-bond acceptors (Lipinski definition) is 2. The second-order valence-corrected chi connectivity index (χ2v) is 4.50. The molecule has 0 unspecified atom stereocenters. The molecular weight excluding hydrogens is 375 g/mol. The quantitative estimate of drug-likeness (QED) is 0.527. The van der Waals surface area contributed by atoms with Crippen LogP contribution in [-0.2, 0) is 6.54 Å². The molecule has 3 aromatic rings. The van der Waals surface area contributed by atoms with Gasteiger partial charge in [-0.15, -0.1) is 0 Å². The van der Waals surface area contributed by atoms with Crippen molar-refractivity contribution in [2.45, 2.75) is 13.5 Å². The molecule has 0 bridgehead atoms. The Bertz CT molecular complexity index is 735. The Labute approximate surface area is 141 Å². The number of nitrogens with one attached hydrogen (secondary N) is 1. The number of fused-ring (bicyclic) bond motifs is 1. The van der Waals surface area contributed by atoms with E-state index in [1.165, 1.54) is 0 Å². The van der Waals surface area contributed by atoms with Crippen molar-refractivity contribution in [3.8, 4) is 0 Å². The van der Waals surface area contributed by atoms with E-state index in [-0.39, 0.29) is 24.0 Å². The molecule has 1 aromatic heterocycles. The van der Waals surface area contributed by atoms with Crippen molar-refractivity contribution in [1.29, 1.82) is 0 Å². The third kappa shape index (κ3) is 3.44. The number of oxazole rings is 1. The minimum Gasteiger partial charge on any atom is -1.00 e. The van der Waals surface area contributed by atoms with Gasteiger partial charge in [0.25, 0.3) is 5.52 Å². The molecule has 108 valence electrons. The van der Waals surface area contributed by atoms with Crippen LogP contribution < -0.4 is 33.9 Å². The molecule has 0 spiro atoms. The fraction of sp³-hybridized carbons (Fsp3) is 0.118. The van der Waals surface area contributed by atoms with E-state index in [0.29, 0.717) is 0 Å². The van der Waals surface area contributed by atoms with E-state index in [2.05, 4.69) is 22.9 Å². The predicted molar refractivity (Wildman–Crippen MR) is 81.2 cm³/mol. The zero-order valence-electron chi connectivity index (χ0n) is 11.8. The van der Waals surface area contributed by atoms with E-state index in [9.17, 15) is 0 Å². The Morgan fingerprint density at radius 3 is 2.52 bits per heavy atom. The molecule has 1 N–H and O–H groups in total. The standard InChI is InChI=1S/C17H16N2O.HI/c1-2-19-15-10-6-7-11-16(15)20-17(19)12-13-18-14-8-4-3-5-9-14;/h3-13H,2H2,1H3;1H. The van der Waals surface area contributed by atoms with E-state index in [0.717, 1.165) is 29.2 Å². The number of anilines is 1. The van der Waals surface area contributed by atoms with Gasteiger partial charge in [-0.2, -0.15) is 4.57 Å². The van der Waals surface area contributed by atoms with E-state index in [1.807, 2.05) is 60.8 Å². The maximum Gasteiger partial charge on any atom is 0.375 e. The number of hydrogen-bond donors (Lipinski definition) is 1. The molecule has 0 amide bonds. The summed E-state index contributed by atoms with van der Waals surface area (Å²) in [5, 5.41) is 3.23. The minimum absolute atomic E-state index is 0. The predicted octanol–water partition coefficient (Wildman–Crippen LogP) is 0.827. The molecule has 1 heterocycles. The fourth-order valence-corrected chi connectivity index (χ4v) is 2.25. The van der Waals surface area contributed by atoms with Crippen LogP contribution in [0.4, 0.5) is 5.69 Å². The van der Waals surface area contributed by atoms with Gasteiger partial charge in [0.1, 0.15) is 6.54 Å². The van der Waals surface area contributed by atoms with Gasteiger partial charge in [-0.1, -0.05) is 30.3 Å². The summed E-state index contributed by atoms with van der Waals surface area (Å²) in [4.78, 5) is 0. The van der Waals surface area contributed by atoms with E-state index < -0.39 is 0 Å². The van der Waals surface area contributed by atoms with E-state index in [4.69, 9.17) is 4.42 Å². The molecule has 0 radical (unpaired) electrons. The van der Waals surface area contributed by atoms with Crippen LogP contribution in [0.1, 0.15) is 12.8 Å². The maximum absolute atomic E-state index is 5.86. The topological polar surface area (TPSA) is 29.1 Å². The van der Waals surface area contributed by atoms with Crippen LogP contribution in [0, 0.1) is 0 Å². The summed E-state index contributed by atoms with van der Waals surface area (Å²) in [5.41, 5.74) is 3.09. The first-order chi connectivity index (χ1) is 9.88. The lowest BCUT2D eigenvalue weighted by Gasteiger charge is -1.97. The van der Waals surface area contributed by atoms with E-state index in [1.54, 1.807) is 0 Å². The molecule has 0 aliphatic heterocycles. The monoisotopic (exact) mass is 392 g/mol. The molecule has 0 fully saturated rings. The number of aromatic nitrogens is 1. The van der Waals surface area contributed by atoms with Crippen molar-refractivity contribution < 1.29 is 33.0 Å². The van der Waals surface area contributed by atoms with Crippen molar-refractivity contribution in [1.82, 2.24) is 0 Å². The Hall–Kier alpha value is -1.82. The Balaban J connectivity index is 0.00000161. The highest BCUT2D eigenvalue weighted by atomic mass is 127. The molecule has 0 aliphatic carbocycles. The van der Waals surface area contributed by atoms with Gasteiger partial charge in [-0.25, -0.2) is 0 Å². The normalized spacial score (nSPS) is 10.7. The summed E-state index contributed by atoms with van der Waals surface area (Å²) in [6.07, 6.45) is 3.86. The largest absolute Gasteiger partial charge is 1.00 e. The lowest BCUT2D eigenvalue weighted by molar-refractivity contribution is -0.674. The Morgan fingerprint density at radius 1 is 1.05 bits per heavy atom. The highest BCUT2D eigenvalue weighted by molar-refractivity contribution is 5.69.